The first kappa shape index (κ1) is 51.3. The summed E-state index contributed by atoms with van der Waals surface area (Å²) in [4.78, 5) is 24.1. The molecule has 0 bridgehead atoms. The molecule has 52 heavy (non-hydrogen) atoms. The third-order valence-corrected chi connectivity index (χ3v) is 12.1. The molecular formula is C46H89BO4S. The summed E-state index contributed by atoms with van der Waals surface area (Å²) in [5, 5.41) is 0. The van der Waals surface area contributed by atoms with E-state index < -0.39 is 0 Å². The number of hydrogen-bond acceptors (Lipinski definition) is 5. The molecule has 0 heterocycles. The van der Waals surface area contributed by atoms with Crippen molar-refractivity contribution in [3.05, 3.63) is 12.2 Å². The fraction of sp³-hybridized carbons (Fsp3) is 0.913. The minimum atomic E-state index is -0.0724. The van der Waals surface area contributed by atoms with Crippen LogP contribution in [0.15, 0.2) is 12.2 Å². The number of unbranched alkanes of at least 4 members (excludes halogenated alkanes) is 25. The SMILES string of the molecule is CCCCC/C=C\CCC(CCCCCCCCCCCCCC)C(CCCCCCCCCCCCCC)OC(=O)CCB(OC)SCCC=O. The highest BCUT2D eigenvalue weighted by molar-refractivity contribution is 8.24. The molecule has 0 amide bonds. The van der Waals surface area contributed by atoms with E-state index in [4.69, 9.17) is 9.39 Å². The Morgan fingerprint density at radius 3 is 1.48 bits per heavy atom. The highest BCUT2D eigenvalue weighted by Crippen LogP contribution is 2.28. The average Bonchev–Trinajstić information content (AvgIpc) is 3.15. The summed E-state index contributed by atoms with van der Waals surface area (Å²) in [6.07, 6.45) is 49.1. The van der Waals surface area contributed by atoms with E-state index in [9.17, 15) is 9.59 Å². The van der Waals surface area contributed by atoms with Gasteiger partial charge in [-0.1, -0.05) is 193 Å². The van der Waals surface area contributed by atoms with E-state index in [1.807, 2.05) is 0 Å². The van der Waals surface area contributed by atoms with Gasteiger partial charge in [0, 0.05) is 20.0 Å². The zero-order chi connectivity index (χ0) is 38.0. The van der Waals surface area contributed by atoms with Gasteiger partial charge < -0.3 is 14.2 Å². The second-order valence-electron chi connectivity index (χ2n) is 15.7. The third-order valence-electron chi connectivity index (χ3n) is 10.8. The van der Waals surface area contributed by atoms with E-state index in [2.05, 4.69) is 32.9 Å². The van der Waals surface area contributed by atoms with Crippen LogP contribution in [0.5, 0.6) is 0 Å². The van der Waals surface area contributed by atoms with Gasteiger partial charge in [-0.05, 0) is 62.9 Å². The smallest absolute Gasteiger partial charge is 0.361 e. The van der Waals surface area contributed by atoms with Gasteiger partial charge in [0.15, 0.2) is 0 Å². The molecule has 0 aromatic rings. The van der Waals surface area contributed by atoms with Gasteiger partial charge in [0.25, 0.3) is 0 Å². The predicted molar refractivity (Wildman–Crippen MR) is 233 cm³/mol. The summed E-state index contributed by atoms with van der Waals surface area (Å²) in [5.41, 5.74) is 0. The van der Waals surface area contributed by atoms with Crippen molar-refractivity contribution in [2.24, 2.45) is 5.92 Å². The van der Waals surface area contributed by atoms with Crippen molar-refractivity contribution in [3.63, 3.8) is 0 Å². The molecule has 0 aliphatic heterocycles. The fourth-order valence-corrected chi connectivity index (χ4v) is 8.30. The second-order valence-corrected chi connectivity index (χ2v) is 17.0. The van der Waals surface area contributed by atoms with E-state index >= 15 is 0 Å². The summed E-state index contributed by atoms with van der Waals surface area (Å²) in [7, 11) is 1.70. The summed E-state index contributed by atoms with van der Waals surface area (Å²) in [6.45, 7) is 6.85. The lowest BCUT2D eigenvalue weighted by Gasteiger charge is -2.28. The average molecular weight is 749 g/mol. The van der Waals surface area contributed by atoms with E-state index in [0.29, 0.717) is 25.1 Å². The van der Waals surface area contributed by atoms with Gasteiger partial charge in [0.2, 0.25) is 0 Å². The first-order valence-electron chi connectivity index (χ1n) is 23.0. The molecule has 0 saturated carbocycles. The van der Waals surface area contributed by atoms with Crippen LogP contribution in [0.3, 0.4) is 0 Å². The normalized spacial score (nSPS) is 12.8. The van der Waals surface area contributed by atoms with Crippen molar-refractivity contribution >= 4 is 30.1 Å². The molecule has 0 aliphatic rings. The number of carbonyl (C=O) groups is 2. The van der Waals surface area contributed by atoms with Crippen molar-refractivity contribution in [1.29, 1.82) is 0 Å². The van der Waals surface area contributed by atoms with Gasteiger partial charge in [-0.2, -0.15) is 11.6 Å². The van der Waals surface area contributed by atoms with E-state index in [1.165, 1.54) is 180 Å². The number of rotatable bonds is 43. The molecule has 4 nitrogen and oxygen atoms in total. The van der Waals surface area contributed by atoms with Gasteiger partial charge in [0.05, 0.1) is 0 Å². The zero-order valence-corrected chi connectivity index (χ0v) is 36.3. The van der Waals surface area contributed by atoms with E-state index in [1.54, 1.807) is 18.7 Å². The van der Waals surface area contributed by atoms with Crippen molar-refractivity contribution in [1.82, 2.24) is 0 Å². The van der Waals surface area contributed by atoms with Crippen LogP contribution in [0.1, 0.15) is 239 Å². The Hall–Kier alpha value is -0.745. The van der Waals surface area contributed by atoms with Crippen LogP contribution in [0.25, 0.3) is 0 Å². The molecule has 2 unspecified atom stereocenters. The minimum absolute atomic E-state index is 0.0144. The van der Waals surface area contributed by atoms with Gasteiger partial charge in [-0.15, -0.1) is 0 Å². The summed E-state index contributed by atoms with van der Waals surface area (Å²) in [5.74, 6) is 1.09. The lowest BCUT2D eigenvalue weighted by molar-refractivity contribution is -0.152. The molecule has 0 spiro atoms. The van der Waals surface area contributed by atoms with Crippen LogP contribution in [0.2, 0.25) is 6.32 Å². The van der Waals surface area contributed by atoms with E-state index in [-0.39, 0.29) is 18.3 Å². The molecule has 0 fully saturated rings. The number of carbonyl (C=O) groups excluding carboxylic acids is 2. The lowest BCUT2D eigenvalue weighted by Crippen LogP contribution is -2.28. The molecule has 2 atom stereocenters. The summed E-state index contributed by atoms with van der Waals surface area (Å²) in [6, 6.07) is 0. The molecule has 0 saturated heterocycles. The Labute approximate surface area is 330 Å². The molecular weight excluding hydrogens is 659 g/mol. The van der Waals surface area contributed by atoms with Crippen LogP contribution in [-0.4, -0.2) is 37.4 Å². The molecule has 0 rings (SSSR count). The van der Waals surface area contributed by atoms with Crippen LogP contribution in [-0.2, 0) is 19.0 Å². The largest absolute Gasteiger partial charge is 0.462 e. The molecule has 0 aromatic carbocycles. The van der Waals surface area contributed by atoms with Crippen molar-refractivity contribution in [3.8, 4) is 0 Å². The molecule has 6 heteroatoms. The van der Waals surface area contributed by atoms with Gasteiger partial charge in [0.1, 0.15) is 12.4 Å². The maximum absolute atomic E-state index is 13.3. The number of ether oxygens (including phenoxy) is 1. The summed E-state index contributed by atoms with van der Waals surface area (Å²) >= 11 is 1.62. The standard InChI is InChI=1S/C46H89BO4S/c1-5-8-11-14-17-19-21-23-25-28-31-34-38-44(37-33-30-27-16-13-10-7-3)45(51-46(49)40-41-47(50-4)52-43-36-42-48)39-35-32-29-26-24-22-20-18-15-12-9-6-2/h27,30,42,44-45H,5-26,28-29,31-41,43H2,1-4H3/b30-27-. The lowest BCUT2D eigenvalue weighted by atomic mass is 9.87. The van der Waals surface area contributed by atoms with E-state index in [0.717, 1.165) is 37.7 Å². The van der Waals surface area contributed by atoms with Crippen molar-refractivity contribution < 1.29 is 19.0 Å². The second kappa shape index (κ2) is 43.0. The van der Waals surface area contributed by atoms with Gasteiger partial charge in [-0.25, -0.2) is 0 Å². The molecule has 0 N–H and O–H groups in total. The monoisotopic (exact) mass is 749 g/mol. The number of hydrogen-bond donors (Lipinski definition) is 0. The predicted octanol–water partition coefficient (Wildman–Crippen LogP) is 15.5. The van der Waals surface area contributed by atoms with Gasteiger partial charge in [-0.3, -0.25) is 4.79 Å². The van der Waals surface area contributed by atoms with Crippen LogP contribution in [0.4, 0.5) is 0 Å². The van der Waals surface area contributed by atoms with Crippen LogP contribution >= 0.6 is 11.6 Å². The summed E-state index contributed by atoms with van der Waals surface area (Å²) < 4.78 is 12.0. The Bertz CT molecular complexity index is 763. The Kier molecular flexibility index (Phi) is 42.4. The topological polar surface area (TPSA) is 52.6 Å². The van der Waals surface area contributed by atoms with Crippen LogP contribution < -0.4 is 0 Å². The number of allylic oxidation sites excluding steroid dienone is 2. The third kappa shape index (κ3) is 36.2. The fourth-order valence-electron chi connectivity index (χ4n) is 7.38. The Morgan fingerprint density at radius 1 is 0.558 bits per heavy atom. The van der Waals surface area contributed by atoms with Gasteiger partial charge >= 0.3 is 12.2 Å². The van der Waals surface area contributed by atoms with Crippen molar-refractivity contribution in [2.45, 2.75) is 252 Å². The highest BCUT2D eigenvalue weighted by Gasteiger charge is 2.26. The molecule has 306 valence electrons. The number of aldehydes is 1. The Balaban J connectivity index is 5.09. The quantitative estimate of drug-likeness (QED) is 0.0204. The number of esters is 1. The molecule has 0 aliphatic carbocycles. The molecule has 0 aromatic heterocycles. The first-order valence-corrected chi connectivity index (χ1v) is 24.1. The minimum Gasteiger partial charge on any atom is -0.462 e. The first-order chi connectivity index (χ1) is 25.6. The molecule has 0 radical (unpaired) electrons. The maximum atomic E-state index is 13.3. The van der Waals surface area contributed by atoms with Crippen LogP contribution in [0, 0.1) is 5.92 Å². The Morgan fingerprint density at radius 2 is 1.00 bits per heavy atom. The highest BCUT2D eigenvalue weighted by atomic mass is 32.2. The maximum Gasteiger partial charge on any atom is 0.361 e. The van der Waals surface area contributed by atoms with Crippen molar-refractivity contribution in [2.75, 3.05) is 12.9 Å². The zero-order valence-electron chi connectivity index (χ0n) is 35.5.